The van der Waals surface area contributed by atoms with Gasteiger partial charge in [-0.25, -0.2) is 0 Å². The van der Waals surface area contributed by atoms with E-state index in [2.05, 4.69) is 35.0 Å². The van der Waals surface area contributed by atoms with E-state index in [1.165, 1.54) is 5.56 Å². The topological polar surface area (TPSA) is 40.7 Å². The minimum absolute atomic E-state index is 0. The molecule has 0 saturated heterocycles. The maximum absolute atomic E-state index is 5.24. The number of rotatable bonds is 2. The lowest BCUT2D eigenvalue weighted by atomic mass is 10.1. The molecular formula is C10H15BrO2. The Bertz CT molecular complexity index is 284. The standard InChI is InChI=1S/C10H13BrO.H2O/c1-4-8-5-9(11)7(2)10(6-8)12-3;/h5-6H,4H2,1-3H3;1H2. The van der Waals surface area contributed by atoms with E-state index in [4.69, 9.17) is 4.74 Å². The van der Waals surface area contributed by atoms with Crippen molar-refractivity contribution in [2.75, 3.05) is 7.11 Å². The van der Waals surface area contributed by atoms with Gasteiger partial charge in [0, 0.05) is 10.0 Å². The summed E-state index contributed by atoms with van der Waals surface area (Å²) in [7, 11) is 1.70. The quantitative estimate of drug-likeness (QED) is 0.791. The van der Waals surface area contributed by atoms with Crippen molar-refractivity contribution in [1.29, 1.82) is 0 Å². The van der Waals surface area contributed by atoms with Crippen LogP contribution in [0.15, 0.2) is 16.6 Å². The zero-order valence-electron chi connectivity index (χ0n) is 8.15. The fraction of sp³-hybridized carbons (Fsp3) is 0.400. The number of hydrogen-bond donors (Lipinski definition) is 0. The third-order valence-electron chi connectivity index (χ3n) is 1.98. The first-order valence-electron chi connectivity index (χ1n) is 4.02. The van der Waals surface area contributed by atoms with Gasteiger partial charge in [0.2, 0.25) is 0 Å². The van der Waals surface area contributed by atoms with E-state index < -0.39 is 0 Å². The second kappa shape index (κ2) is 5.25. The summed E-state index contributed by atoms with van der Waals surface area (Å²) in [6.45, 7) is 4.18. The minimum atomic E-state index is 0. The van der Waals surface area contributed by atoms with Crippen molar-refractivity contribution >= 4 is 15.9 Å². The summed E-state index contributed by atoms with van der Waals surface area (Å²) < 4.78 is 6.36. The molecule has 0 aliphatic heterocycles. The van der Waals surface area contributed by atoms with Crippen LogP contribution in [0.1, 0.15) is 18.1 Å². The van der Waals surface area contributed by atoms with E-state index in [0.29, 0.717) is 0 Å². The molecule has 0 bridgehead atoms. The van der Waals surface area contributed by atoms with Crippen LogP contribution in [0, 0.1) is 6.92 Å². The summed E-state index contributed by atoms with van der Waals surface area (Å²) >= 11 is 3.50. The molecule has 74 valence electrons. The van der Waals surface area contributed by atoms with Crippen molar-refractivity contribution < 1.29 is 10.2 Å². The molecule has 1 aromatic rings. The van der Waals surface area contributed by atoms with Crippen LogP contribution in [0.5, 0.6) is 5.75 Å². The number of methoxy groups -OCH3 is 1. The van der Waals surface area contributed by atoms with Gasteiger partial charge in [-0.1, -0.05) is 22.9 Å². The van der Waals surface area contributed by atoms with Crippen molar-refractivity contribution in [2.45, 2.75) is 20.3 Å². The Balaban J connectivity index is 0.00000144. The third kappa shape index (κ3) is 2.71. The maximum Gasteiger partial charge on any atom is 0.123 e. The Morgan fingerprint density at radius 2 is 2.00 bits per heavy atom. The molecule has 0 spiro atoms. The Labute approximate surface area is 87.4 Å². The second-order valence-electron chi connectivity index (χ2n) is 2.76. The van der Waals surface area contributed by atoms with E-state index in [0.717, 1.165) is 22.2 Å². The fourth-order valence-corrected chi connectivity index (χ4v) is 1.61. The molecule has 0 aliphatic rings. The highest BCUT2D eigenvalue weighted by atomic mass is 79.9. The molecule has 0 fully saturated rings. The van der Waals surface area contributed by atoms with Crippen molar-refractivity contribution in [3.05, 3.63) is 27.7 Å². The molecule has 0 radical (unpaired) electrons. The van der Waals surface area contributed by atoms with Crippen LogP contribution in [0.3, 0.4) is 0 Å². The van der Waals surface area contributed by atoms with E-state index in [9.17, 15) is 0 Å². The number of halogens is 1. The molecule has 0 saturated carbocycles. The smallest absolute Gasteiger partial charge is 0.123 e. The predicted octanol–water partition coefficient (Wildman–Crippen LogP) is 2.50. The normalized spacial score (nSPS) is 9.23. The molecule has 2 N–H and O–H groups in total. The summed E-state index contributed by atoms with van der Waals surface area (Å²) in [4.78, 5) is 0. The van der Waals surface area contributed by atoms with Gasteiger partial charge in [0.05, 0.1) is 7.11 Å². The lowest BCUT2D eigenvalue weighted by Crippen LogP contribution is -1.90. The number of ether oxygens (including phenoxy) is 1. The molecule has 0 atom stereocenters. The highest BCUT2D eigenvalue weighted by Gasteiger charge is 2.03. The van der Waals surface area contributed by atoms with Crippen LogP contribution in [0.4, 0.5) is 0 Å². The fourth-order valence-electron chi connectivity index (χ4n) is 1.12. The van der Waals surface area contributed by atoms with Crippen LogP contribution in [-0.2, 0) is 6.42 Å². The van der Waals surface area contributed by atoms with Crippen LogP contribution >= 0.6 is 15.9 Å². The average Bonchev–Trinajstić information content (AvgIpc) is 2.09. The summed E-state index contributed by atoms with van der Waals surface area (Å²) in [6, 6.07) is 4.22. The van der Waals surface area contributed by atoms with Gasteiger partial charge in [-0.05, 0) is 31.0 Å². The molecule has 0 aromatic heterocycles. The molecule has 1 aromatic carbocycles. The molecule has 0 aliphatic carbocycles. The summed E-state index contributed by atoms with van der Waals surface area (Å²) in [5, 5.41) is 0. The van der Waals surface area contributed by atoms with E-state index in [-0.39, 0.29) is 5.48 Å². The average molecular weight is 247 g/mol. The Morgan fingerprint density at radius 1 is 1.38 bits per heavy atom. The van der Waals surface area contributed by atoms with Gasteiger partial charge < -0.3 is 10.2 Å². The third-order valence-corrected chi connectivity index (χ3v) is 2.81. The highest BCUT2D eigenvalue weighted by Crippen LogP contribution is 2.27. The largest absolute Gasteiger partial charge is 0.496 e. The van der Waals surface area contributed by atoms with Crippen LogP contribution in [-0.4, -0.2) is 12.6 Å². The maximum atomic E-state index is 5.24. The first kappa shape index (κ1) is 12.5. The highest BCUT2D eigenvalue weighted by molar-refractivity contribution is 9.10. The van der Waals surface area contributed by atoms with Crippen molar-refractivity contribution in [3.8, 4) is 5.75 Å². The van der Waals surface area contributed by atoms with Gasteiger partial charge in [-0.15, -0.1) is 0 Å². The van der Waals surface area contributed by atoms with Gasteiger partial charge in [-0.2, -0.15) is 0 Å². The number of aryl methyl sites for hydroxylation is 1. The predicted molar refractivity (Wildman–Crippen MR) is 58.4 cm³/mol. The van der Waals surface area contributed by atoms with Crippen LogP contribution in [0.2, 0.25) is 0 Å². The minimum Gasteiger partial charge on any atom is -0.496 e. The molecule has 13 heavy (non-hydrogen) atoms. The summed E-state index contributed by atoms with van der Waals surface area (Å²) in [5.74, 6) is 0.959. The molecule has 0 unspecified atom stereocenters. The molecule has 0 amide bonds. The Morgan fingerprint density at radius 3 is 2.46 bits per heavy atom. The molecule has 3 heteroatoms. The van der Waals surface area contributed by atoms with Gasteiger partial charge in [-0.3, -0.25) is 0 Å². The van der Waals surface area contributed by atoms with Crippen LogP contribution in [0.25, 0.3) is 0 Å². The molecule has 1 rings (SSSR count). The monoisotopic (exact) mass is 246 g/mol. The van der Waals surface area contributed by atoms with Gasteiger partial charge in [0.25, 0.3) is 0 Å². The number of hydrogen-bond acceptors (Lipinski definition) is 1. The lowest BCUT2D eigenvalue weighted by molar-refractivity contribution is 0.411. The van der Waals surface area contributed by atoms with Gasteiger partial charge >= 0.3 is 0 Å². The van der Waals surface area contributed by atoms with Crippen molar-refractivity contribution in [2.24, 2.45) is 0 Å². The second-order valence-corrected chi connectivity index (χ2v) is 3.61. The SMILES string of the molecule is CCc1cc(Br)c(C)c(OC)c1.O. The zero-order valence-corrected chi connectivity index (χ0v) is 9.73. The lowest BCUT2D eigenvalue weighted by Gasteiger charge is -2.08. The van der Waals surface area contributed by atoms with Crippen molar-refractivity contribution in [3.63, 3.8) is 0 Å². The Kier molecular flexibility index (Phi) is 5.03. The molecular weight excluding hydrogens is 232 g/mol. The van der Waals surface area contributed by atoms with E-state index in [1.54, 1.807) is 7.11 Å². The van der Waals surface area contributed by atoms with Crippen LogP contribution < -0.4 is 4.74 Å². The van der Waals surface area contributed by atoms with Crippen molar-refractivity contribution in [1.82, 2.24) is 0 Å². The zero-order chi connectivity index (χ0) is 9.14. The van der Waals surface area contributed by atoms with Gasteiger partial charge in [0.15, 0.2) is 0 Å². The molecule has 2 nitrogen and oxygen atoms in total. The number of benzene rings is 1. The first-order chi connectivity index (χ1) is 5.69. The van der Waals surface area contributed by atoms with E-state index >= 15 is 0 Å². The Hall–Kier alpha value is -0.540. The van der Waals surface area contributed by atoms with E-state index in [1.807, 2.05) is 6.92 Å². The summed E-state index contributed by atoms with van der Waals surface area (Å²) in [5.41, 5.74) is 2.46. The summed E-state index contributed by atoms with van der Waals surface area (Å²) in [6.07, 6.45) is 1.04. The first-order valence-corrected chi connectivity index (χ1v) is 4.81. The molecule has 0 heterocycles. The van der Waals surface area contributed by atoms with Gasteiger partial charge in [0.1, 0.15) is 5.75 Å².